The van der Waals surface area contributed by atoms with Gasteiger partial charge in [-0.1, -0.05) is 13.3 Å². The number of aromatic nitrogens is 3. The lowest BCUT2D eigenvalue weighted by atomic mass is 10.3. The molecule has 2 heterocycles. The maximum atomic E-state index is 11.6. The van der Waals surface area contributed by atoms with Crippen LogP contribution in [0.3, 0.4) is 0 Å². The van der Waals surface area contributed by atoms with Gasteiger partial charge in [-0.2, -0.15) is 9.97 Å². The summed E-state index contributed by atoms with van der Waals surface area (Å²) >= 11 is 0. The summed E-state index contributed by atoms with van der Waals surface area (Å²) < 4.78 is 1.58. The van der Waals surface area contributed by atoms with E-state index in [2.05, 4.69) is 27.5 Å². The normalized spacial score (nSPS) is 14.1. The zero-order valence-corrected chi connectivity index (χ0v) is 9.49. The Hall–Kier alpha value is -1.59. The smallest absolute Gasteiger partial charge is 0.353 e. The van der Waals surface area contributed by atoms with Crippen molar-refractivity contribution in [2.24, 2.45) is 0 Å². The van der Waals surface area contributed by atoms with Crippen molar-refractivity contribution >= 4 is 11.9 Å². The first-order valence-electron chi connectivity index (χ1n) is 5.78. The van der Waals surface area contributed by atoms with E-state index in [9.17, 15) is 4.79 Å². The van der Waals surface area contributed by atoms with Crippen LogP contribution in [0.5, 0.6) is 0 Å². The van der Waals surface area contributed by atoms with Crippen molar-refractivity contribution in [3.63, 3.8) is 0 Å². The maximum Gasteiger partial charge on any atom is 0.353 e. The van der Waals surface area contributed by atoms with Gasteiger partial charge < -0.3 is 10.6 Å². The number of anilines is 2. The highest BCUT2D eigenvalue weighted by atomic mass is 16.1. The molecule has 0 fully saturated rings. The fourth-order valence-corrected chi connectivity index (χ4v) is 1.66. The first kappa shape index (κ1) is 10.9. The quantitative estimate of drug-likeness (QED) is 0.734. The van der Waals surface area contributed by atoms with Gasteiger partial charge in [-0.3, -0.25) is 4.57 Å². The van der Waals surface area contributed by atoms with Gasteiger partial charge >= 0.3 is 5.69 Å². The molecule has 0 radical (unpaired) electrons. The molecule has 0 bridgehead atoms. The van der Waals surface area contributed by atoms with Gasteiger partial charge in [0, 0.05) is 19.6 Å². The van der Waals surface area contributed by atoms with Crippen LogP contribution in [0.15, 0.2) is 4.79 Å². The summed E-state index contributed by atoms with van der Waals surface area (Å²) in [6.45, 7) is 4.49. The summed E-state index contributed by atoms with van der Waals surface area (Å²) in [6, 6.07) is 0. The lowest BCUT2D eigenvalue weighted by Gasteiger charge is -2.18. The highest BCUT2D eigenvalue weighted by Crippen LogP contribution is 2.09. The van der Waals surface area contributed by atoms with Crippen molar-refractivity contribution in [1.29, 1.82) is 0 Å². The van der Waals surface area contributed by atoms with E-state index >= 15 is 0 Å². The summed E-state index contributed by atoms with van der Waals surface area (Å²) in [5.41, 5.74) is -0.226. The first-order chi connectivity index (χ1) is 7.81. The van der Waals surface area contributed by atoms with Crippen LogP contribution in [0, 0.1) is 0 Å². The molecule has 2 N–H and O–H groups in total. The molecule has 1 aliphatic heterocycles. The second-order valence-corrected chi connectivity index (χ2v) is 3.87. The van der Waals surface area contributed by atoms with E-state index < -0.39 is 0 Å². The van der Waals surface area contributed by atoms with E-state index in [4.69, 9.17) is 0 Å². The maximum absolute atomic E-state index is 11.6. The van der Waals surface area contributed by atoms with Crippen molar-refractivity contribution in [1.82, 2.24) is 14.5 Å². The van der Waals surface area contributed by atoms with Crippen molar-refractivity contribution in [3.05, 3.63) is 10.5 Å². The highest BCUT2D eigenvalue weighted by molar-refractivity contribution is 5.34. The number of hydrogen-bond acceptors (Lipinski definition) is 5. The summed E-state index contributed by atoms with van der Waals surface area (Å²) in [5, 5.41) is 6.17. The van der Waals surface area contributed by atoms with Gasteiger partial charge in [0.2, 0.25) is 11.9 Å². The third kappa shape index (κ3) is 2.32. The first-order valence-corrected chi connectivity index (χ1v) is 5.78. The van der Waals surface area contributed by atoms with Gasteiger partial charge in [-0.05, 0) is 12.8 Å². The lowest BCUT2D eigenvalue weighted by molar-refractivity contribution is 0.580. The predicted molar refractivity (Wildman–Crippen MR) is 62.8 cm³/mol. The Balaban J connectivity index is 2.15. The molecule has 6 heteroatoms. The molecule has 0 saturated carbocycles. The Bertz CT molecular complexity index is 414. The van der Waals surface area contributed by atoms with Gasteiger partial charge in [0.05, 0.1) is 0 Å². The number of rotatable bonds is 4. The Morgan fingerprint density at radius 2 is 2.38 bits per heavy atom. The molecule has 0 amide bonds. The fraction of sp³-hybridized carbons (Fsp3) is 0.700. The summed E-state index contributed by atoms with van der Waals surface area (Å²) in [7, 11) is 0. The predicted octanol–water partition coefficient (Wildman–Crippen LogP) is 0.666. The Morgan fingerprint density at radius 3 is 3.19 bits per heavy atom. The fourth-order valence-electron chi connectivity index (χ4n) is 1.66. The monoisotopic (exact) mass is 223 g/mol. The molecule has 1 aromatic rings. The number of hydrogen-bond donors (Lipinski definition) is 2. The van der Waals surface area contributed by atoms with Crippen LogP contribution < -0.4 is 16.3 Å². The molecule has 2 rings (SSSR count). The van der Waals surface area contributed by atoms with Crippen LogP contribution in [0.25, 0.3) is 0 Å². The third-order valence-corrected chi connectivity index (χ3v) is 2.55. The van der Waals surface area contributed by atoms with Crippen molar-refractivity contribution in [3.8, 4) is 0 Å². The molecule has 0 spiro atoms. The summed E-state index contributed by atoms with van der Waals surface area (Å²) in [5.74, 6) is 1.06. The molecule has 6 nitrogen and oxygen atoms in total. The number of unbranched alkanes of at least 4 members (excludes halogenated alkanes) is 1. The molecule has 0 atom stereocenters. The van der Waals surface area contributed by atoms with Gasteiger partial charge in [0.25, 0.3) is 0 Å². The lowest BCUT2D eigenvalue weighted by Crippen LogP contribution is -2.32. The van der Waals surface area contributed by atoms with E-state index in [0.29, 0.717) is 18.4 Å². The van der Waals surface area contributed by atoms with E-state index in [1.807, 2.05) is 0 Å². The molecule has 0 saturated heterocycles. The van der Waals surface area contributed by atoms with Crippen LogP contribution in [0.4, 0.5) is 11.9 Å². The molecule has 0 aromatic carbocycles. The van der Waals surface area contributed by atoms with Gasteiger partial charge in [0.15, 0.2) is 0 Å². The number of fused-ring (bicyclic) bond motifs is 1. The minimum Gasteiger partial charge on any atom is -0.355 e. The Kier molecular flexibility index (Phi) is 3.38. The molecular weight excluding hydrogens is 206 g/mol. The van der Waals surface area contributed by atoms with Crippen LogP contribution in [-0.4, -0.2) is 27.6 Å². The molecule has 16 heavy (non-hydrogen) atoms. The third-order valence-electron chi connectivity index (χ3n) is 2.55. The van der Waals surface area contributed by atoms with Gasteiger partial charge in [-0.15, -0.1) is 0 Å². The molecule has 88 valence electrons. The SMILES string of the molecule is CCCCNc1nc2n(c(=O)n1)CCCN2. The Labute approximate surface area is 94.1 Å². The largest absolute Gasteiger partial charge is 0.355 e. The van der Waals surface area contributed by atoms with Gasteiger partial charge in [-0.25, -0.2) is 4.79 Å². The standard InChI is InChI=1S/C10H17N5O/c1-2-3-5-11-8-13-9-12-6-4-7-15(9)10(16)14-8/h2-7H2,1H3,(H2,11,12,13,14,16). The second-order valence-electron chi connectivity index (χ2n) is 3.87. The van der Waals surface area contributed by atoms with Crippen LogP contribution in [0.1, 0.15) is 26.2 Å². The zero-order valence-electron chi connectivity index (χ0n) is 9.49. The molecule has 0 unspecified atom stereocenters. The molecule has 1 aliphatic rings. The zero-order chi connectivity index (χ0) is 11.4. The van der Waals surface area contributed by atoms with Crippen molar-refractivity contribution in [2.45, 2.75) is 32.7 Å². The molecule has 0 aliphatic carbocycles. The number of nitrogens with one attached hydrogen (secondary N) is 2. The minimum atomic E-state index is -0.226. The van der Waals surface area contributed by atoms with Crippen molar-refractivity contribution < 1.29 is 0 Å². The van der Waals surface area contributed by atoms with E-state index in [1.165, 1.54) is 0 Å². The Morgan fingerprint density at radius 1 is 1.50 bits per heavy atom. The molecule has 1 aromatic heterocycles. The van der Waals surface area contributed by atoms with Crippen molar-refractivity contribution in [2.75, 3.05) is 23.7 Å². The minimum absolute atomic E-state index is 0.226. The average Bonchev–Trinajstić information content (AvgIpc) is 2.30. The van der Waals surface area contributed by atoms with Gasteiger partial charge in [0.1, 0.15) is 0 Å². The molecular formula is C10H17N5O. The average molecular weight is 223 g/mol. The highest BCUT2D eigenvalue weighted by Gasteiger charge is 2.12. The van der Waals surface area contributed by atoms with Crippen LogP contribution >= 0.6 is 0 Å². The van der Waals surface area contributed by atoms with Crippen LogP contribution in [0.2, 0.25) is 0 Å². The van der Waals surface area contributed by atoms with E-state index in [0.717, 1.165) is 32.4 Å². The second kappa shape index (κ2) is 4.96. The van der Waals surface area contributed by atoms with E-state index in [1.54, 1.807) is 4.57 Å². The van der Waals surface area contributed by atoms with E-state index in [-0.39, 0.29) is 5.69 Å². The number of nitrogens with zero attached hydrogens (tertiary/aromatic N) is 3. The summed E-state index contributed by atoms with van der Waals surface area (Å²) in [6.07, 6.45) is 3.10. The summed E-state index contributed by atoms with van der Waals surface area (Å²) in [4.78, 5) is 19.8. The topological polar surface area (TPSA) is 71.8 Å². The van der Waals surface area contributed by atoms with Crippen LogP contribution in [-0.2, 0) is 6.54 Å².